The lowest BCUT2D eigenvalue weighted by Crippen LogP contribution is -2.50. The fraction of sp³-hybridized carbons (Fsp3) is 0.680. The second-order valence-corrected chi connectivity index (χ2v) is 8.89. The summed E-state index contributed by atoms with van der Waals surface area (Å²) in [4.78, 5) is 33.2. The van der Waals surface area contributed by atoms with Gasteiger partial charge in [0.05, 0.1) is 7.11 Å². The lowest BCUT2D eigenvalue weighted by atomic mass is 9.96. The maximum absolute atomic E-state index is 13.1. The first kappa shape index (κ1) is 26.0. The summed E-state index contributed by atoms with van der Waals surface area (Å²) in [5.41, 5.74) is 1.29. The fourth-order valence-corrected chi connectivity index (χ4v) is 4.44. The van der Waals surface area contributed by atoms with E-state index < -0.39 is 0 Å². The average molecular weight is 447 g/mol. The van der Waals surface area contributed by atoms with Crippen LogP contribution in [0.15, 0.2) is 24.3 Å². The van der Waals surface area contributed by atoms with Gasteiger partial charge in [0.15, 0.2) is 0 Å². The van der Waals surface area contributed by atoms with Crippen LogP contribution in [0.1, 0.15) is 39.2 Å². The number of amides is 3. The Balaban J connectivity index is 1.86. The van der Waals surface area contributed by atoms with Crippen LogP contribution >= 0.6 is 0 Å². The van der Waals surface area contributed by atoms with Crippen molar-refractivity contribution in [2.75, 3.05) is 60.5 Å². The van der Waals surface area contributed by atoms with Crippen LogP contribution in [0, 0.1) is 5.92 Å². The Kier molecular flexibility index (Phi) is 10.3. The molecule has 180 valence electrons. The minimum absolute atomic E-state index is 0.0403. The highest BCUT2D eigenvalue weighted by molar-refractivity contribution is 5.79. The molecular formula is C25H42N4O3. The summed E-state index contributed by atoms with van der Waals surface area (Å²) in [7, 11) is 5.28. The van der Waals surface area contributed by atoms with Crippen molar-refractivity contribution in [1.82, 2.24) is 19.6 Å². The summed E-state index contributed by atoms with van der Waals surface area (Å²) >= 11 is 0. The minimum Gasteiger partial charge on any atom is -0.497 e. The molecule has 1 saturated heterocycles. The molecule has 1 fully saturated rings. The summed E-state index contributed by atoms with van der Waals surface area (Å²) < 4.78 is 5.25. The quantitative estimate of drug-likeness (QED) is 0.554. The smallest absolute Gasteiger partial charge is 0.320 e. The molecule has 0 N–H and O–H groups in total. The van der Waals surface area contributed by atoms with Crippen molar-refractivity contribution in [2.45, 2.75) is 46.1 Å². The molecule has 1 aromatic rings. The van der Waals surface area contributed by atoms with Crippen LogP contribution in [0.5, 0.6) is 5.75 Å². The zero-order valence-corrected chi connectivity index (χ0v) is 20.8. The molecule has 1 heterocycles. The Hall–Kier alpha value is -2.28. The molecule has 2 rings (SSSR count). The number of nitrogens with zero attached hydrogens (tertiary/aromatic N) is 4. The first-order valence-electron chi connectivity index (χ1n) is 11.9. The van der Waals surface area contributed by atoms with Crippen LogP contribution in [0.2, 0.25) is 0 Å². The Morgan fingerprint density at radius 2 is 1.69 bits per heavy atom. The molecule has 1 aliphatic rings. The van der Waals surface area contributed by atoms with Gasteiger partial charge in [0.25, 0.3) is 0 Å². The molecule has 3 amide bonds. The zero-order chi connectivity index (χ0) is 23.7. The third-order valence-corrected chi connectivity index (χ3v) is 6.58. The predicted octanol–water partition coefficient (Wildman–Crippen LogP) is 3.19. The largest absolute Gasteiger partial charge is 0.497 e. The Labute approximate surface area is 194 Å². The topological polar surface area (TPSA) is 56.3 Å². The summed E-state index contributed by atoms with van der Waals surface area (Å²) in [6.45, 7) is 11.0. The molecule has 7 heteroatoms. The van der Waals surface area contributed by atoms with E-state index in [0.29, 0.717) is 32.2 Å². The Morgan fingerprint density at radius 3 is 2.19 bits per heavy atom. The fourth-order valence-electron chi connectivity index (χ4n) is 4.44. The zero-order valence-electron chi connectivity index (χ0n) is 20.8. The Bertz CT molecular complexity index is 714. The van der Waals surface area contributed by atoms with Gasteiger partial charge in [-0.05, 0) is 57.4 Å². The number of hydrogen-bond donors (Lipinski definition) is 0. The van der Waals surface area contributed by atoms with Gasteiger partial charge in [-0.1, -0.05) is 19.1 Å². The first-order valence-corrected chi connectivity index (χ1v) is 11.9. The van der Waals surface area contributed by atoms with Gasteiger partial charge in [0.2, 0.25) is 5.91 Å². The summed E-state index contributed by atoms with van der Waals surface area (Å²) in [5.74, 6) is 1.09. The molecule has 0 saturated carbocycles. The number of piperidine rings is 1. The van der Waals surface area contributed by atoms with Gasteiger partial charge in [-0.15, -0.1) is 0 Å². The monoisotopic (exact) mass is 446 g/mol. The van der Waals surface area contributed by atoms with Crippen LogP contribution in [0.25, 0.3) is 0 Å². The summed E-state index contributed by atoms with van der Waals surface area (Å²) in [6.07, 6.45) is 2.46. The number of urea groups is 1. The highest BCUT2D eigenvalue weighted by Crippen LogP contribution is 2.20. The molecular weight excluding hydrogens is 404 g/mol. The number of rotatable bonds is 10. The molecule has 0 radical (unpaired) electrons. The van der Waals surface area contributed by atoms with E-state index in [2.05, 4.69) is 30.9 Å². The van der Waals surface area contributed by atoms with Crippen LogP contribution < -0.4 is 4.74 Å². The number of carbonyl (C=O) groups is 2. The SMILES string of the molecule is CCN(CCN(CC)C(C)Cc1ccc(OC)cc1)C(=O)N1CCC(C(=O)N(C)C)CC1. The van der Waals surface area contributed by atoms with Crippen LogP contribution in [-0.2, 0) is 11.2 Å². The van der Waals surface area contributed by atoms with Crippen LogP contribution in [-0.4, -0.2) is 98.1 Å². The lowest BCUT2D eigenvalue weighted by Gasteiger charge is -2.37. The number of benzene rings is 1. The van der Waals surface area contributed by atoms with Crippen LogP contribution in [0.4, 0.5) is 4.79 Å². The summed E-state index contributed by atoms with van der Waals surface area (Å²) in [6, 6.07) is 8.74. The normalized spacial score (nSPS) is 15.5. The minimum atomic E-state index is 0.0403. The molecule has 0 aliphatic carbocycles. The van der Waals surface area contributed by atoms with Crippen molar-refractivity contribution in [3.63, 3.8) is 0 Å². The third-order valence-electron chi connectivity index (χ3n) is 6.58. The van der Waals surface area contributed by atoms with E-state index >= 15 is 0 Å². The van der Waals surface area contributed by atoms with Gasteiger partial charge >= 0.3 is 6.03 Å². The van der Waals surface area contributed by atoms with E-state index in [1.807, 2.05) is 28.9 Å². The lowest BCUT2D eigenvalue weighted by molar-refractivity contribution is -0.134. The second kappa shape index (κ2) is 12.7. The molecule has 1 atom stereocenters. The van der Waals surface area contributed by atoms with E-state index in [9.17, 15) is 9.59 Å². The van der Waals surface area contributed by atoms with E-state index in [0.717, 1.165) is 38.1 Å². The van der Waals surface area contributed by atoms with Gasteiger partial charge in [-0.2, -0.15) is 0 Å². The molecule has 1 unspecified atom stereocenters. The van der Waals surface area contributed by atoms with Gasteiger partial charge in [0.1, 0.15) is 5.75 Å². The van der Waals surface area contributed by atoms with Crippen molar-refractivity contribution in [3.8, 4) is 5.75 Å². The predicted molar refractivity (Wildman–Crippen MR) is 129 cm³/mol. The van der Waals surface area contributed by atoms with Crippen molar-refractivity contribution in [3.05, 3.63) is 29.8 Å². The van der Waals surface area contributed by atoms with Crippen molar-refractivity contribution < 1.29 is 14.3 Å². The molecule has 32 heavy (non-hydrogen) atoms. The van der Waals surface area contributed by atoms with Gasteiger partial charge in [-0.25, -0.2) is 4.79 Å². The number of hydrogen-bond acceptors (Lipinski definition) is 4. The molecule has 1 aromatic carbocycles. The number of methoxy groups -OCH3 is 1. The van der Waals surface area contributed by atoms with Gasteiger partial charge in [0, 0.05) is 58.8 Å². The number of likely N-dealkylation sites (tertiary alicyclic amines) is 1. The first-order chi connectivity index (χ1) is 15.3. The maximum Gasteiger partial charge on any atom is 0.320 e. The molecule has 1 aliphatic heterocycles. The standard InChI is InChI=1S/C25H42N4O3/c1-7-27(20(3)19-21-9-11-23(32-6)12-10-21)17-18-28(8-2)25(31)29-15-13-22(14-16-29)24(30)26(4)5/h9-12,20,22H,7-8,13-19H2,1-6H3. The van der Waals surface area contributed by atoms with Crippen molar-refractivity contribution >= 4 is 11.9 Å². The Morgan fingerprint density at radius 1 is 1.06 bits per heavy atom. The summed E-state index contributed by atoms with van der Waals surface area (Å²) in [5, 5.41) is 0. The van der Waals surface area contributed by atoms with Gasteiger partial charge in [-0.3, -0.25) is 9.69 Å². The molecule has 0 bridgehead atoms. The number of carbonyl (C=O) groups excluding carboxylic acids is 2. The van der Waals surface area contributed by atoms with Crippen molar-refractivity contribution in [2.24, 2.45) is 5.92 Å². The van der Waals surface area contributed by atoms with E-state index in [-0.39, 0.29) is 17.9 Å². The van der Waals surface area contributed by atoms with Gasteiger partial charge < -0.3 is 19.4 Å². The molecule has 0 spiro atoms. The average Bonchev–Trinajstić information content (AvgIpc) is 2.81. The van der Waals surface area contributed by atoms with E-state index in [1.165, 1.54) is 5.56 Å². The maximum atomic E-state index is 13.1. The van der Waals surface area contributed by atoms with Crippen LogP contribution in [0.3, 0.4) is 0 Å². The second-order valence-electron chi connectivity index (χ2n) is 8.89. The molecule has 0 aromatic heterocycles. The number of likely N-dealkylation sites (N-methyl/N-ethyl adjacent to an activating group) is 2. The van der Waals surface area contributed by atoms with Crippen molar-refractivity contribution in [1.29, 1.82) is 0 Å². The van der Waals surface area contributed by atoms with E-state index in [4.69, 9.17) is 4.74 Å². The third kappa shape index (κ3) is 7.12. The highest BCUT2D eigenvalue weighted by Gasteiger charge is 2.30. The number of ether oxygens (including phenoxy) is 1. The highest BCUT2D eigenvalue weighted by atomic mass is 16.5. The van der Waals surface area contributed by atoms with E-state index in [1.54, 1.807) is 26.1 Å². The molecule has 7 nitrogen and oxygen atoms in total.